The molecule has 0 atom stereocenters. The minimum absolute atomic E-state index is 0.130. The highest BCUT2D eigenvalue weighted by molar-refractivity contribution is 7.80. The van der Waals surface area contributed by atoms with Crippen molar-refractivity contribution in [3.63, 3.8) is 0 Å². The number of hydrogen-bond donors (Lipinski definition) is 2. The predicted octanol–water partition coefficient (Wildman–Crippen LogP) is 6.11. The molecule has 0 aliphatic carbocycles. The van der Waals surface area contributed by atoms with E-state index in [-0.39, 0.29) is 11.1 Å². The molecule has 2 aliphatic heterocycles. The molecule has 4 nitrogen and oxygen atoms in total. The maximum atomic E-state index is 5.62. The van der Waals surface area contributed by atoms with Gasteiger partial charge in [0.25, 0.3) is 0 Å². The maximum Gasteiger partial charge on any atom is 0.178 e. The van der Waals surface area contributed by atoms with E-state index in [2.05, 4.69) is 123 Å². The number of thiocarbonyl (C=S) groups is 2. The maximum absolute atomic E-state index is 5.62. The van der Waals surface area contributed by atoms with Crippen molar-refractivity contribution in [3.8, 4) is 11.1 Å². The average Bonchev–Trinajstić information content (AvgIpc) is 2.66. The summed E-state index contributed by atoms with van der Waals surface area (Å²) in [4.78, 5) is 4.16. The lowest BCUT2D eigenvalue weighted by atomic mass is 10.0. The average molecular weight is 463 g/mol. The minimum atomic E-state index is -0.130. The van der Waals surface area contributed by atoms with E-state index < -0.39 is 0 Å². The summed E-state index contributed by atoms with van der Waals surface area (Å²) in [5, 5.41) is 8.23. The Bertz CT molecular complexity index is 1030. The van der Waals surface area contributed by atoms with Gasteiger partial charge in [-0.1, -0.05) is 24.3 Å². The smallest absolute Gasteiger partial charge is 0.178 e. The van der Waals surface area contributed by atoms with Crippen molar-refractivity contribution in [2.24, 2.45) is 0 Å². The van der Waals surface area contributed by atoms with Gasteiger partial charge in [0.15, 0.2) is 10.2 Å². The molecule has 0 saturated carbocycles. The fraction of sp³-hybridized carbons (Fsp3) is 0.308. The second-order valence-electron chi connectivity index (χ2n) is 9.64. The van der Waals surface area contributed by atoms with Gasteiger partial charge in [-0.15, -0.1) is 0 Å². The summed E-state index contributed by atoms with van der Waals surface area (Å²) >= 11 is 11.2. The Morgan fingerprint density at radius 2 is 0.906 bits per heavy atom. The SMILES string of the molecule is CC1=CC(C)(C)NC(=S)N1c1ccc(-c2ccc(N3C(=S)NC(C)(C)C=C3C)cc2)cc1. The quantitative estimate of drug-likeness (QED) is 0.536. The highest BCUT2D eigenvalue weighted by Gasteiger charge is 2.28. The number of allylic oxidation sites excluding steroid dienone is 2. The van der Waals surface area contributed by atoms with Gasteiger partial charge >= 0.3 is 0 Å². The zero-order chi connectivity index (χ0) is 23.3. The molecule has 0 spiro atoms. The molecule has 4 rings (SSSR count). The molecule has 0 unspecified atom stereocenters. The van der Waals surface area contributed by atoms with E-state index in [1.165, 1.54) is 0 Å². The Morgan fingerprint density at radius 3 is 1.19 bits per heavy atom. The number of hydrogen-bond acceptors (Lipinski definition) is 2. The Morgan fingerprint density at radius 1 is 0.594 bits per heavy atom. The van der Waals surface area contributed by atoms with Gasteiger partial charge in [0.2, 0.25) is 0 Å². The van der Waals surface area contributed by atoms with Crippen LogP contribution in [0.2, 0.25) is 0 Å². The van der Waals surface area contributed by atoms with E-state index in [9.17, 15) is 0 Å². The van der Waals surface area contributed by atoms with Crippen LogP contribution < -0.4 is 20.4 Å². The van der Waals surface area contributed by atoms with E-state index in [0.29, 0.717) is 0 Å². The molecule has 0 aromatic heterocycles. The van der Waals surface area contributed by atoms with E-state index in [0.717, 1.165) is 44.1 Å². The van der Waals surface area contributed by atoms with Gasteiger partial charge in [-0.3, -0.25) is 9.80 Å². The van der Waals surface area contributed by atoms with Crippen LogP contribution in [0.3, 0.4) is 0 Å². The first-order chi connectivity index (χ1) is 15.0. The molecular weight excluding hydrogens is 432 g/mol. The standard InChI is InChI=1S/C26H30N4S2/c1-17-15-25(3,4)27-23(31)29(17)21-11-7-19(8-12-21)20-9-13-22(14-10-20)30-18(2)16-26(5,6)28-24(30)32/h7-16H,1-6H3,(H,27,31)(H,28,32). The third kappa shape index (κ3) is 4.43. The summed E-state index contributed by atoms with van der Waals surface area (Å²) in [6, 6.07) is 17.0. The summed E-state index contributed by atoms with van der Waals surface area (Å²) in [6.45, 7) is 12.7. The van der Waals surface area contributed by atoms with Crippen LogP contribution in [0, 0.1) is 0 Å². The molecule has 166 valence electrons. The highest BCUT2D eigenvalue weighted by Crippen LogP contribution is 2.31. The Hall–Kier alpha value is -2.70. The Balaban J connectivity index is 1.56. The third-order valence-electron chi connectivity index (χ3n) is 5.69. The lowest BCUT2D eigenvalue weighted by Gasteiger charge is -2.38. The first kappa shape index (κ1) is 22.5. The summed E-state index contributed by atoms with van der Waals surface area (Å²) < 4.78 is 0. The van der Waals surface area contributed by atoms with Crippen LogP contribution in [-0.4, -0.2) is 21.3 Å². The molecule has 2 N–H and O–H groups in total. The topological polar surface area (TPSA) is 30.5 Å². The predicted molar refractivity (Wildman–Crippen MR) is 144 cm³/mol. The van der Waals surface area contributed by atoms with Gasteiger partial charge in [-0.25, -0.2) is 0 Å². The molecule has 0 amide bonds. The molecule has 2 aromatic rings. The van der Waals surface area contributed by atoms with Gasteiger partial charge in [0.05, 0.1) is 11.1 Å². The van der Waals surface area contributed by atoms with Crippen molar-refractivity contribution in [2.75, 3.05) is 9.80 Å². The van der Waals surface area contributed by atoms with E-state index in [1.54, 1.807) is 0 Å². The van der Waals surface area contributed by atoms with Gasteiger partial charge < -0.3 is 10.6 Å². The number of anilines is 2. The van der Waals surface area contributed by atoms with Crippen LogP contribution in [0.15, 0.2) is 72.1 Å². The summed E-state index contributed by atoms with van der Waals surface area (Å²) in [5.41, 5.74) is 6.43. The summed E-state index contributed by atoms with van der Waals surface area (Å²) in [5.74, 6) is 0. The van der Waals surface area contributed by atoms with Gasteiger partial charge in [0.1, 0.15) is 0 Å². The number of rotatable bonds is 3. The largest absolute Gasteiger partial charge is 0.354 e. The van der Waals surface area contributed by atoms with Crippen molar-refractivity contribution in [3.05, 3.63) is 72.1 Å². The second kappa shape index (κ2) is 8.01. The van der Waals surface area contributed by atoms with Crippen molar-refractivity contribution >= 4 is 46.0 Å². The van der Waals surface area contributed by atoms with Gasteiger partial charge in [-0.05, 0) is 114 Å². The van der Waals surface area contributed by atoms with Gasteiger partial charge in [0, 0.05) is 22.8 Å². The summed E-state index contributed by atoms with van der Waals surface area (Å²) in [7, 11) is 0. The van der Waals surface area contributed by atoms with Crippen LogP contribution in [-0.2, 0) is 0 Å². The minimum Gasteiger partial charge on any atom is -0.354 e. The number of benzene rings is 2. The molecule has 2 heterocycles. The highest BCUT2D eigenvalue weighted by atomic mass is 32.1. The first-order valence-corrected chi connectivity index (χ1v) is 11.6. The zero-order valence-electron chi connectivity index (χ0n) is 19.5. The van der Waals surface area contributed by atoms with E-state index in [4.69, 9.17) is 24.4 Å². The Kier molecular flexibility index (Phi) is 5.63. The van der Waals surface area contributed by atoms with Crippen LogP contribution in [0.1, 0.15) is 41.5 Å². The molecule has 2 aromatic carbocycles. The fourth-order valence-electron chi connectivity index (χ4n) is 4.48. The van der Waals surface area contributed by atoms with Crippen molar-refractivity contribution in [2.45, 2.75) is 52.6 Å². The fourth-order valence-corrected chi connectivity index (χ4v) is 5.50. The lowest BCUT2D eigenvalue weighted by Crippen LogP contribution is -2.53. The number of nitrogens with zero attached hydrogens (tertiary/aromatic N) is 2. The van der Waals surface area contributed by atoms with Gasteiger partial charge in [-0.2, -0.15) is 0 Å². The zero-order valence-corrected chi connectivity index (χ0v) is 21.1. The van der Waals surface area contributed by atoms with Crippen LogP contribution in [0.25, 0.3) is 11.1 Å². The van der Waals surface area contributed by atoms with Crippen molar-refractivity contribution < 1.29 is 0 Å². The first-order valence-electron chi connectivity index (χ1n) is 10.8. The lowest BCUT2D eigenvalue weighted by molar-refractivity contribution is 0.559. The van der Waals surface area contributed by atoms with E-state index >= 15 is 0 Å². The molecule has 2 aliphatic rings. The molecule has 0 saturated heterocycles. The van der Waals surface area contributed by atoms with Crippen molar-refractivity contribution in [1.29, 1.82) is 0 Å². The second-order valence-corrected chi connectivity index (χ2v) is 10.4. The molecular formula is C26H30N4S2. The normalized spacial score (nSPS) is 19.7. The Labute approximate surface area is 202 Å². The molecule has 0 fully saturated rings. The third-order valence-corrected chi connectivity index (χ3v) is 6.26. The summed E-state index contributed by atoms with van der Waals surface area (Å²) in [6.07, 6.45) is 4.40. The van der Waals surface area contributed by atoms with Crippen LogP contribution >= 0.6 is 24.4 Å². The molecule has 32 heavy (non-hydrogen) atoms. The van der Waals surface area contributed by atoms with E-state index in [1.807, 2.05) is 0 Å². The monoisotopic (exact) mass is 462 g/mol. The molecule has 0 bridgehead atoms. The molecule has 6 heteroatoms. The van der Waals surface area contributed by atoms with Crippen LogP contribution in [0.5, 0.6) is 0 Å². The van der Waals surface area contributed by atoms with Crippen LogP contribution in [0.4, 0.5) is 11.4 Å². The number of nitrogens with one attached hydrogen (secondary N) is 2. The van der Waals surface area contributed by atoms with Crippen molar-refractivity contribution in [1.82, 2.24) is 10.6 Å². The molecule has 0 radical (unpaired) electrons.